The highest BCUT2D eigenvalue weighted by molar-refractivity contribution is 5.80. The Morgan fingerprint density at radius 2 is 1.77 bits per heavy atom. The summed E-state index contributed by atoms with van der Waals surface area (Å²) in [5.41, 5.74) is -2.76. The standard InChI is InChI=1S/C15H15FN2O4/c1-9(19)22-12-7-17-13(20)10-5-3-4-6-11(10)14(21)18(17)8-15(12,2)16/h3-6,12H,7-8H2,1-2H3/t12-,15-/m1/s1. The van der Waals surface area contributed by atoms with Gasteiger partial charge in [0.15, 0.2) is 11.8 Å². The molecule has 2 atom stereocenters. The average molecular weight is 306 g/mol. The van der Waals surface area contributed by atoms with Gasteiger partial charge < -0.3 is 4.74 Å². The number of hydrogen-bond acceptors (Lipinski definition) is 4. The molecule has 116 valence electrons. The van der Waals surface area contributed by atoms with Gasteiger partial charge in [-0.05, 0) is 19.1 Å². The topological polar surface area (TPSA) is 70.3 Å². The predicted octanol–water partition coefficient (Wildman–Crippen LogP) is 0.837. The fourth-order valence-electron chi connectivity index (χ4n) is 2.79. The molecule has 0 saturated heterocycles. The molecule has 0 unspecified atom stereocenters. The van der Waals surface area contributed by atoms with Crippen molar-refractivity contribution in [1.29, 1.82) is 0 Å². The molecule has 0 saturated carbocycles. The van der Waals surface area contributed by atoms with Gasteiger partial charge in [-0.1, -0.05) is 12.1 Å². The van der Waals surface area contributed by atoms with Crippen molar-refractivity contribution in [2.24, 2.45) is 0 Å². The van der Waals surface area contributed by atoms with Gasteiger partial charge in [0.1, 0.15) is 0 Å². The summed E-state index contributed by atoms with van der Waals surface area (Å²) in [7, 11) is 0. The molecule has 1 aromatic heterocycles. The lowest BCUT2D eigenvalue weighted by atomic mass is 9.99. The summed E-state index contributed by atoms with van der Waals surface area (Å²) in [5, 5.41) is 0.526. The highest BCUT2D eigenvalue weighted by atomic mass is 19.1. The van der Waals surface area contributed by atoms with Gasteiger partial charge >= 0.3 is 5.97 Å². The molecule has 1 aliphatic rings. The van der Waals surface area contributed by atoms with E-state index in [1.807, 2.05) is 0 Å². The van der Waals surface area contributed by atoms with Gasteiger partial charge in [0.05, 0.1) is 23.9 Å². The van der Waals surface area contributed by atoms with E-state index < -0.39 is 28.9 Å². The molecule has 3 rings (SSSR count). The van der Waals surface area contributed by atoms with Crippen molar-refractivity contribution in [2.45, 2.75) is 38.7 Å². The van der Waals surface area contributed by atoms with E-state index in [0.29, 0.717) is 0 Å². The summed E-state index contributed by atoms with van der Waals surface area (Å²) in [5.74, 6) is -0.626. The van der Waals surface area contributed by atoms with Crippen LogP contribution in [0.15, 0.2) is 33.9 Å². The minimum atomic E-state index is -1.93. The number of esters is 1. The van der Waals surface area contributed by atoms with Gasteiger partial charge in [0, 0.05) is 6.92 Å². The maximum absolute atomic E-state index is 14.7. The molecule has 0 fully saturated rings. The molecule has 22 heavy (non-hydrogen) atoms. The maximum Gasteiger partial charge on any atom is 0.303 e. The van der Waals surface area contributed by atoms with E-state index in [1.54, 1.807) is 24.3 Å². The second-order valence-corrected chi connectivity index (χ2v) is 5.67. The van der Waals surface area contributed by atoms with Gasteiger partial charge in [-0.2, -0.15) is 0 Å². The monoisotopic (exact) mass is 306 g/mol. The fraction of sp³-hybridized carbons (Fsp3) is 0.400. The summed E-state index contributed by atoms with van der Waals surface area (Å²) < 4.78 is 22.0. The fourth-order valence-corrected chi connectivity index (χ4v) is 2.79. The van der Waals surface area contributed by atoms with Crippen molar-refractivity contribution < 1.29 is 13.9 Å². The highest BCUT2D eigenvalue weighted by Crippen LogP contribution is 2.26. The highest BCUT2D eigenvalue weighted by Gasteiger charge is 2.43. The molecular weight excluding hydrogens is 291 g/mol. The van der Waals surface area contributed by atoms with E-state index in [4.69, 9.17) is 4.74 Å². The SMILES string of the molecule is CC(=O)O[C@@H]1Cn2c(=O)c3ccccc3c(=O)n2C[C@@]1(C)F. The summed E-state index contributed by atoms with van der Waals surface area (Å²) in [6.07, 6.45) is -1.11. The van der Waals surface area contributed by atoms with Crippen LogP contribution in [-0.4, -0.2) is 27.1 Å². The van der Waals surface area contributed by atoms with Crippen molar-refractivity contribution in [3.63, 3.8) is 0 Å². The molecule has 6 nitrogen and oxygen atoms in total. The van der Waals surface area contributed by atoms with Gasteiger partial charge in [-0.3, -0.25) is 14.4 Å². The lowest BCUT2D eigenvalue weighted by Crippen LogP contribution is -2.56. The van der Waals surface area contributed by atoms with Crippen LogP contribution < -0.4 is 11.1 Å². The van der Waals surface area contributed by atoms with E-state index in [2.05, 4.69) is 0 Å². The zero-order valence-corrected chi connectivity index (χ0v) is 12.2. The van der Waals surface area contributed by atoms with E-state index in [9.17, 15) is 18.8 Å². The van der Waals surface area contributed by atoms with Crippen LogP contribution >= 0.6 is 0 Å². The van der Waals surface area contributed by atoms with E-state index in [1.165, 1.54) is 13.8 Å². The molecule has 0 spiro atoms. The first-order valence-electron chi connectivity index (χ1n) is 6.90. The number of alkyl halides is 1. The first-order valence-corrected chi connectivity index (χ1v) is 6.90. The summed E-state index contributed by atoms with van der Waals surface area (Å²) >= 11 is 0. The number of ether oxygens (including phenoxy) is 1. The summed E-state index contributed by atoms with van der Waals surface area (Å²) in [4.78, 5) is 36.1. The van der Waals surface area contributed by atoms with Crippen molar-refractivity contribution in [3.05, 3.63) is 45.0 Å². The van der Waals surface area contributed by atoms with Gasteiger partial charge in [0.2, 0.25) is 0 Å². The molecule has 0 bridgehead atoms. The van der Waals surface area contributed by atoms with Crippen LogP contribution in [0.1, 0.15) is 13.8 Å². The Kier molecular flexibility index (Phi) is 3.16. The van der Waals surface area contributed by atoms with Gasteiger partial charge in [-0.25, -0.2) is 13.8 Å². The zero-order chi connectivity index (χ0) is 16.1. The van der Waals surface area contributed by atoms with E-state index in [0.717, 1.165) is 9.36 Å². The minimum absolute atomic E-state index is 0.189. The number of nitrogens with zero attached hydrogens (tertiary/aromatic N) is 2. The third kappa shape index (κ3) is 2.13. The average Bonchev–Trinajstić information content (AvgIpc) is 2.46. The van der Waals surface area contributed by atoms with Crippen molar-refractivity contribution in [2.75, 3.05) is 0 Å². The molecule has 7 heteroatoms. The van der Waals surface area contributed by atoms with Crippen molar-refractivity contribution in [3.8, 4) is 0 Å². The van der Waals surface area contributed by atoms with Crippen LogP contribution in [0.4, 0.5) is 4.39 Å². The number of rotatable bonds is 1. The zero-order valence-electron chi connectivity index (χ0n) is 12.2. The summed E-state index contributed by atoms with van der Waals surface area (Å²) in [6, 6.07) is 6.41. The molecule has 0 amide bonds. The molecule has 1 aliphatic heterocycles. The lowest BCUT2D eigenvalue weighted by Gasteiger charge is -2.36. The van der Waals surface area contributed by atoms with Crippen LogP contribution in [0.25, 0.3) is 10.8 Å². The normalized spacial score (nSPS) is 24.0. The van der Waals surface area contributed by atoms with Crippen LogP contribution in [0, 0.1) is 0 Å². The van der Waals surface area contributed by atoms with Crippen LogP contribution in [0.2, 0.25) is 0 Å². The first-order chi connectivity index (χ1) is 10.3. The first kappa shape index (κ1) is 14.5. The quantitative estimate of drug-likeness (QED) is 0.732. The molecule has 1 aromatic carbocycles. The molecule has 0 radical (unpaired) electrons. The Morgan fingerprint density at radius 1 is 1.23 bits per heavy atom. The number of fused-ring (bicyclic) bond motifs is 2. The second-order valence-electron chi connectivity index (χ2n) is 5.67. The summed E-state index contributed by atoms with van der Waals surface area (Å²) in [6.45, 7) is 1.91. The van der Waals surface area contributed by atoms with Crippen LogP contribution in [-0.2, 0) is 22.6 Å². The number of halogens is 1. The molecule has 2 aromatic rings. The Bertz CT molecular complexity index is 881. The largest absolute Gasteiger partial charge is 0.457 e. The maximum atomic E-state index is 14.7. The van der Waals surface area contributed by atoms with Crippen LogP contribution in [0.5, 0.6) is 0 Å². The molecule has 0 N–H and O–H groups in total. The van der Waals surface area contributed by atoms with E-state index in [-0.39, 0.29) is 23.9 Å². The number of hydrogen-bond donors (Lipinski definition) is 0. The Hall–Kier alpha value is -2.44. The van der Waals surface area contributed by atoms with Crippen molar-refractivity contribution >= 4 is 16.7 Å². The van der Waals surface area contributed by atoms with Crippen LogP contribution in [0.3, 0.4) is 0 Å². The number of carbonyl (C=O) groups is 1. The van der Waals surface area contributed by atoms with E-state index >= 15 is 0 Å². The number of carbonyl (C=O) groups excluding carboxylic acids is 1. The smallest absolute Gasteiger partial charge is 0.303 e. The van der Waals surface area contributed by atoms with Crippen molar-refractivity contribution in [1.82, 2.24) is 9.36 Å². The third-order valence-electron chi connectivity index (χ3n) is 3.93. The third-order valence-corrected chi connectivity index (χ3v) is 3.93. The Morgan fingerprint density at radius 3 is 2.32 bits per heavy atom. The van der Waals surface area contributed by atoms with Gasteiger partial charge in [0.25, 0.3) is 11.1 Å². The Balaban J connectivity index is 2.25. The Labute approximate surface area is 124 Å². The molecule has 2 heterocycles. The van der Waals surface area contributed by atoms with Gasteiger partial charge in [-0.15, -0.1) is 0 Å². The lowest BCUT2D eigenvalue weighted by molar-refractivity contribution is -0.160. The minimum Gasteiger partial charge on any atom is -0.457 e. The predicted molar refractivity (Wildman–Crippen MR) is 77.5 cm³/mol. The number of benzene rings is 1. The molecule has 0 aliphatic carbocycles. The number of aromatic nitrogens is 2. The molecular formula is C15H15FN2O4. The second kappa shape index (κ2) is 4.79.